The molecule has 6 heteroatoms. The van der Waals surface area contributed by atoms with Crippen molar-refractivity contribution in [3.63, 3.8) is 0 Å². The second kappa shape index (κ2) is 6.01. The summed E-state index contributed by atoms with van der Waals surface area (Å²) in [6.45, 7) is 0. The molecular weight excluding hydrogens is 282 g/mol. The smallest absolute Gasteiger partial charge is 0.306 e. The van der Waals surface area contributed by atoms with Crippen molar-refractivity contribution in [2.75, 3.05) is 5.32 Å². The first-order valence-electron chi connectivity index (χ1n) is 7.27. The number of benzene rings is 1. The van der Waals surface area contributed by atoms with E-state index in [1.165, 1.54) is 0 Å². The van der Waals surface area contributed by atoms with E-state index in [-0.39, 0.29) is 11.8 Å². The van der Waals surface area contributed by atoms with E-state index >= 15 is 0 Å². The lowest BCUT2D eigenvalue weighted by Gasteiger charge is -2.11. The van der Waals surface area contributed by atoms with Gasteiger partial charge >= 0.3 is 5.97 Å². The molecule has 1 aliphatic rings. The summed E-state index contributed by atoms with van der Waals surface area (Å²) in [6, 6.07) is 9.34. The number of rotatable bonds is 4. The fourth-order valence-corrected chi connectivity index (χ4v) is 2.87. The number of carboxylic acid groups (broad SMARTS) is 1. The molecule has 1 fully saturated rings. The fourth-order valence-electron chi connectivity index (χ4n) is 2.87. The normalized spacial score (nSPS) is 20.7. The minimum atomic E-state index is -0.809. The molecule has 0 spiro atoms. The summed E-state index contributed by atoms with van der Waals surface area (Å²) >= 11 is 0. The number of H-pyrrole nitrogens is 1. The molecular formula is C16H17N3O3. The number of carboxylic acids is 1. The first-order chi connectivity index (χ1) is 10.6. The van der Waals surface area contributed by atoms with E-state index in [1.807, 2.05) is 30.3 Å². The summed E-state index contributed by atoms with van der Waals surface area (Å²) < 4.78 is 0. The Morgan fingerprint density at radius 3 is 2.73 bits per heavy atom. The average Bonchev–Trinajstić information content (AvgIpc) is 3.19. The van der Waals surface area contributed by atoms with Gasteiger partial charge in [-0.25, -0.2) is 0 Å². The van der Waals surface area contributed by atoms with E-state index in [4.69, 9.17) is 5.11 Å². The van der Waals surface area contributed by atoms with Crippen LogP contribution in [-0.2, 0) is 9.59 Å². The van der Waals surface area contributed by atoms with Crippen molar-refractivity contribution < 1.29 is 14.7 Å². The molecule has 1 aromatic heterocycles. The van der Waals surface area contributed by atoms with Crippen LogP contribution in [0.4, 0.5) is 5.69 Å². The van der Waals surface area contributed by atoms with E-state index in [0.29, 0.717) is 24.9 Å². The Morgan fingerprint density at radius 2 is 2.05 bits per heavy atom. The molecule has 2 atom stereocenters. The van der Waals surface area contributed by atoms with Crippen molar-refractivity contribution in [1.82, 2.24) is 10.2 Å². The zero-order valence-corrected chi connectivity index (χ0v) is 12.0. The molecule has 114 valence electrons. The predicted octanol–water partition coefficient (Wildman–Crippen LogP) is 2.52. The first kappa shape index (κ1) is 14.3. The Kier molecular flexibility index (Phi) is 3.91. The maximum absolute atomic E-state index is 12.3. The maximum atomic E-state index is 12.3. The number of aromatic nitrogens is 2. The summed E-state index contributed by atoms with van der Waals surface area (Å²) in [5.41, 5.74) is 2.52. The summed E-state index contributed by atoms with van der Waals surface area (Å²) in [6.07, 6.45) is 3.29. The monoisotopic (exact) mass is 299 g/mol. The number of aromatic amines is 1. The summed E-state index contributed by atoms with van der Waals surface area (Å²) in [5.74, 6) is -1.54. The molecule has 1 aromatic carbocycles. The quantitative estimate of drug-likeness (QED) is 0.808. The Morgan fingerprint density at radius 1 is 1.23 bits per heavy atom. The van der Waals surface area contributed by atoms with E-state index in [9.17, 15) is 9.59 Å². The third kappa shape index (κ3) is 3.00. The number of anilines is 1. The average molecular weight is 299 g/mol. The highest BCUT2D eigenvalue weighted by atomic mass is 16.4. The van der Waals surface area contributed by atoms with E-state index in [2.05, 4.69) is 15.5 Å². The second-order valence-corrected chi connectivity index (χ2v) is 5.59. The first-order valence-corrected chi connectivity index (χ1v) is 7.27. The van der Waals surface area contributed by atoms with Gasteiger partial charge in [-0.15, -0.1) is 0 Å². The summed E-state index contributed by atoms with van der Waals surface area (Å²) in [5, 5.41) is 18.7. The van der Waals surface area contributed by atoms with E-state index in [0.717, 1.165) is 11.3 Å². The fraction of sp³-hybridized carbons (Fsp3) is 0.312. The molecule has 2 aromatic rings. The van der Waals surface area contributed by atoms with Gasteiger partial charge in [0.2, 0.25) is 5.91 Å². The van der Waals surface area contributed by atoms with Crippen LogP contribution in [0.5, 0.6) is 0 Å². The molecule has 0 radical (unpaired) electrons. The van der Waals surface area contributed by atoms with Gasteiger partial charge in [-0.1, -0.05) is 12.1 Å². The molecule has 0 saturated heterocycles. The van der Waals surface area contributed by atoms with Crippen LogP contribution in [0.3, 0.4) is 0 Å². The summed E-state index contributed by atoms with van der Waals surface area (Å²) in [7, 11) is 0. The Labute approximate surface area is 127 Å². The minimum Gasteiger partial charge on any atom is -0.481 e. The number of amides is 1. The van der Waals surface area contributed by atoms with Gasteiger partial charge in [0.1, 0.15) is 0 Å². The topological polar surface area (TPSA) is 95.1 Å². The Hall–Kier alpha value is -2.63. The zero-order chi connectivity index (χ0) is 15.5. The molecule has 1 amide bonds. The van der Waals surface area contributed by atoms with Gasteiger partial charge in [0.25, 0.3) is 0 Å². The highest BCUT2D eigenvalue weighted by Crippen LogP contribution is 2.32. The van der Waals surface area contributed by atoms with E-state index < -0.39 is 11.9 Å². The van der Waals surface area contributed by atoms with Crippen LogP contribution >= 0.6 is 0 Å². The second-order valence-electron chi connectivity index (χ2n) is 5.59. The maximum Gasteiger partial charge on any atom is 0.306 e. The zero-order valence-electron chi connectivity index (χ0n) is 12.0. The minimum absolute atomic E-state index is 0.106. The van der Waals surface area contributed by atoms with Gasteiger partial charge in [-0.3, -0.25) is 14.7 Å². The molecule has 0 aliphatic heterocycles. The van der Waals surface area contributed by atoms with Gasteiger partial charge in [-0.2, -0.15) is 5.10 Å². The third-order valence-electron chi connectivity index (χ3n) is 4.09. The Bertz CT molecular complexity index is 682. The lowest BCUT2D eigenvalue weighted by molar-refractivity contribution is -0.141. The van der Waals surface area contributed by atoms with Crippen LogP contribution in [0.15, 0.2) is 36.5 Å². The van der Waals surface area contributed by atoms with Crippen molar-refractivity contribution in [3.8, 4) is 11.3 Å². The molecule has 1 heterocycles. The van der Waals surface area contributed by atoms with E-state index in [1.54, 1.807) is 6.20 Å². The number of carbonyl (C=O) groups is 2. The third-order valence-corrected chi connectivity index (χ3v) is 4.09. The molecule has 0 unspecified atom stereocenters. The highest BCUT2D eigenvalue weighted by molar-refractivity contribution is 5.93. The number of hydrogen-bond donors (Lipinski definition) is 3. The lowest BCUT2D eigenvalue weighted by atomic mass is 10.0. The van der Waals surface area contributed by atoms with Crippen molar-refractivity contribution in [1.29, 1.82) is 0 Å². The van der Waals surface area contributed by atoms with Gasteiger partial charge in [0, 0.05) is 23.4 Å². The largest absolute Gasteiger partial charge is 0.481 e. The van der Waals surface area contributed by atoms with Gasteiger partial charge in [0.15, 0.2) is 0 Å². The Balaban J connectivity index is 1.67. The van der Waals surface area contributed by atoms with Gasteiger partial charge in [-0.05, 0) is 37.5 Å². The van der Waals surface area contributed by atoms with Crippen LogP contribution in [0, 0.1) is 11.8 Å². The van der Waals surface area contributed by atoms with Crippen molar-refractivity contribution in [2.45, 2.75) is 19.3 Å². The van der Waals surface area contributed by atoms with Crippen LogP contribution in [0.2, 0.25) is 0 Å². The molecule has 0 bridgehead atoms. The van der Waals surface area contributed by atoms with Gasteiger partial charge < -0.3 is 10.4 Å². The number of aliphatic carboxylic acids is 1. The molecule has 3 N–H and O–H groups in total. The predicted molar refractivity (Wildman–Crippen MR) is 81.1 cm³/mol. The SMILES string of the molecule is O=C(O)[C@@H]1CC[C@H](C(=O)Nc2cccc(-c3ccn[nH]3)c2)C1. The van der Waals surface area contributed by atoms with Crippen molar-refractivity contribution in [3.05, 3.63) is 36.5 Å². The molecule has 3 rings (SSSR count). The number of carbonyl (C=O) groups excluding carboxylic acids is 1. The molecule has 1 saturated carbocycles. The highest BCUT2D eigenvalue weighted by Gasteiger charge is 2.33. The van der Waals surface area contributed by atoms with Crippen LogP contribution < -0.4 is 5.32 Å². The summed E-state index contributed by atoms with van der Waals surface area (Å²) in [4.78, 5) is 23.2. The number of nitrogens with one attached hydrogen (secondary N) is 2. The molecule has 6 nitrogen and oxygen atoms in total. The van der Waals surface area contributed by atoms with Crippen LogP contribution in [0.1, 0.15) is 19.3 Å². The van der Waals surface area contributed by atoms with Crippen LogP contribution in [-0.4, -0.2) is 27.2 Å². The van der Waals surface area contributed by atoms with Crippen molar-refractivity contribution in [2.24, 2.45) is 11.8 Å². The van der Waals surface area contributed by atoms with Crippen LogP contribution in [0.25, 0.3) is 11.3 Å². The lowest BCUT2D eigenvalue weighted by Crippen LogP contribution is -2.21. The van der Waals surface area contributed by atoms with Crippen molar-refractivity contribution >= 4 is 17.6 Å². The molecule has 22 heavy (non-hydrogen) atoms. The molecule has 1 aliphatic carbocycles. The number of hydrogen-bond acceptors (Lipinski definition) is 3. The van der Waals surface area contributed by atoms with Gasteiger partial charge in [0.05, 0.1) is 11.6 Å². The number of nitrogens with zero attached hydrogens (tertiary/aromatic N) is 1. The standard InChI is InChI=1S/C16H17N3O3/c20-15(11-4-5-12(8-11)16(21)22)18-13-3-1-2-10(9-13)14-6-7-17-19-14/h1-3,6-7,9,11-12H,4-5,8H2,(H,17,19)(H,18,20)(H,21,22)/t11-,12+/m0/s1.